The molecule has 1 aliphatic rings. The Balaban J connectivity index is 1.48. The van der Waals surface area contributed by atoms with Gasteiger partial charge in [-0.2, -0.15) is 4.98 Å². The van der Waals surface area contributed by atoms with Crippen LogP contribution in [0, 0.1) is 3.57 Å². The highest BCUT2D eigenvalue weighted by Gasteiger charge is 2.21. The van der Waals surface area contributed by atoms with E-state index >= 15 is 0 Å². The summed E-state index contributed by atoms with van der Waals surface area (Å²) in [7, 11) is 5.54. The van der Waals surface area contributed by atoms with Crippen LogP contribution < -0.4 is 20.3 Å². The fourth-order valence-electron chi connectivity index (χ4n) is 3.44. The number of hydrogen-bond donors (Lipinski definition) is 3. The standard InChI is InChI=1S/C20H28IN5O2/c1-26(2)18-8-9-22-20(25-18)24-15-6-4-14(5-7-15)23-12-13-10-16(21)19(27)17(11-13)28-3/h8-11,14-15,23,27H,4-7,12H2,1-3H3,(H,22,24,25). The molecule has 0 unspecified atom stereocenters. The van der Waals surface area contributed by atoms with E-state index in [-0.39, 0.29) is 5.75 Å². The number of phenols is 1. The zero-order chi connectivity index (χ0) is 20.1. The predicted molar refractivity (Wildman–Crippen MR) is 120 cm³/mol. The Hall–Kier alpha value is -1.81. The summed E-state index contributed by atoms with van der Waals surface area (Å²) in [4.78, 5) is 10.9. The van der Waals surface area contributed by atoms with Crippen LogP contribution in [0.15, 0.2) is 24.4 Å². The minimum absolute atomic E-state index is 0.207. The van der Waals surface area contributed by atoms with Crippen molar-refractivity contribution in [1.82, 2.24) is 15.3 Å². The van der Waals surface area contributed by atoms with Gasteiger partial charge < -0.3 is 25.4 Å². The first-order valence-electron chi connectivity index (χ1n) is 9.52. The van der Waals surface area contributed by atoms with Crippen molar-refractivity contribution in [2.24, 2.45) is 0 Å². The van der Waals surface area contributed by atoms with E-state index in [9.17, 15) is 5.11 Å². The van der Waals surface area contributed by atoms with Gasteiger partial charge in [0.1, 0.15) is 5.82 Å². The van der Waals surface area contributed by atoms with Crippen LogP contribution in [-0.4, -0.2) is 48.4 Å². The molecule has 1 fully saturated rings. The molecule has 1 saturated carbocycles. The van der Waals surface area contributed by atoms with Crippen LogP contribution in [0.1, 0.15) is 31.2 Å². The summed E-state index contributed by atoms with van der Waals surface area (Å²) in [6.45, 7) is 0.767. The van der Waals surface area contributed by atoms with E-state index in [0.29, 0.717) is 23.8 Å². The Kier molecular flexibility index (Phi) is 7.17. The summed E-state index contributed by atoms with van der Waals surface area (Å²) in [6, 6.07) is 6.70. The third-order valence-corrected chi connectivity index (χ3v) is 5.88. The van der Waals surface area contributed by atoms with Crippen LogP contribution in [0.25, 0.3) is 0 Å². The molecule has 1 aliphatic carbocycles. The number of benzene rings is 1. The van der Waals surface area contributed by atoms with Crippen molar-refractivity contribution in [3.63, 3.8) is 0 Å². The highest BCUT2D eigenvalue weighted by atomic mass is 127. The zero-order valence-corrected chi connectivity index (χ0v) is 18.7. The molecule has 0 radical (unpaired) electrons. The number of halogens is 1. The lowest BCUT2D eigenvalue weighted by molar-refractivity contribution is 0.350. The van der Waals surface area contributed by atoms with E-state index in [2.05, 4.69) is 43.2 Å². The molecular weight excluding hydrogens is 469 g/mol. The van der Waals surface area contributed by atoms with Crippen molar-refractivity contribution < 1.29 is 9.84 Å². The summed E-state index contributed by atoms with van der Waals surface area (Å²) in [5.41, 5.74) is 1.12. The quantitative estimate of drug-likeness (QED) is 0.506. The van der Waals surface area contributed by atoms with Crippen molar-refractivity contribution in [3.05, 3.63) is 33.5 Å². The summed E-state index contributed by atoms with van der Waals surface area (Å²) in [6.07, 6.45) is 6.19. The van der Waals surface area contributed by atoms with E-state index in [4.69, 9.17) is 4.74 Å². The maximum atomic E-state index is 9.96. The summed E-state index contributed by atoms with van der Waals surface area (Å²) < 4.78 is 6.05. The van der Waals surface area contributed by atoms with Crippen LogP contribution in [0.2, 0.25) is 0 Å². The van der Waals surface area contributed by atoms with Crippen LogP contribution in [0.5, 0.6) is 11.5 Å². The Morgan fingerprint density at radius 1 is 1.21 bits per heavy atom. The van der Waals surface area contributed by atoms with Gasteiger partial charge in [0.25, 0.3) is 0 Å². The Bertz CT molecular complexity index is 794. The second-order valence-corrected chi connectivity index (χ2v) is 8.50. The molecule has 0 atom stereocenters. The maximum Gasteiger partial charge on any atom is 0.224 e. The smallest absolute Gasteiger partial charge is 0.224 e. The highest BCUT2D eigenvalue weighted by molar-refractivity contribution is 14.1. The fourth-order valence-corrected chi connectivity index (χ4v) is 4.11. The van der Waals surface area contributed by atoms with E-state index in [0.717, 1.165) is 47.2 Å². The molecular formula is C20H28IN5O2. The monoisotopic (exact) mass is 497 g/mol. The van der Waals surface area contributed by atoms with Gasteiger partial charge in [-0.15, -0.1) is 0 Å². The molecule has 0 aliphatic heterocycles. The van der Waals surface area contributed by atoms with Gasteiger partial charge in [-0.3, -0.25) is 0 Å². The van der Waals surface area contributed by atoms with Crippen LogP contribution in [-0.2, 0) is 6.54 Å². The molecule has 7 nitrogen and oxygen atoms in total. The van der Waals surface area contributed by atoms with Crippen molar-refractivity contribution in [2.75, 3.05) is 31.4 Å². The van der Waals surface area contributed by atoms with Crippen molar-refractivity contribution >= 4 is 34.4 Å². The number of rotatable bonds is 7. The van der Waals surface area contributed by atoms with Gasteiger partial charge in [-0.25, -0.2) is 4.98 Å². The zero-order valence-electron chi connectivity index (χ0n) is 16.6. The molecule has 152 valence electrons. The molecule has 0 spiro atoms. The van der Waals surface area contributed by atoms with Crippen LogP contribution in [0.3, 0.4) is 0 Å². The topological polar surface area (TPSA) is 82.5 Å². The predicted octanol–water partition coefficient (Wildman–Crippen LogP) is 3.37. The summed E-state index contributed by atoms with van der Waals surface area (Å²) in [5.74, 6) is 2.34. The Morgan fingerprint density at radius 3 is 2.61 bits per heavy atom. The van der Waals surface area contributed by atoms with Gasteiger partial charge in [0.15, 0.2) is 11.5 Å². The largest absolute Gasteiger partial charge is 0.504 e. The molecule has 1 aromatic heterocycles. The van der Waals surface area contributed by atoms with E-state index in [1.807, 2.05) is 37.2 Å². The number of phenolic OH excluding ortho intramolecular Hbond substituents is 1. The third kappa shape index (κ3) is 5.38. The molecule has 0 bridgehead atoms. The molecule has 1 heterocycles. The molecule has 0 saturated heterocycles. The summed E-state index contributed by atoms with van der Waals surface area (Å²) >= 11 is 2.13. The molecule has 8 heteroatoms. The number of aromatic nitrogens is 2. The molecule has 2 aromatic rings. The van der Waals surface area contributed by atoms with Gasteiger partial charge in [0, 0.05) is 38.9 Å². The van der Waals surface area contributed by atoms with Crippen LogP contribution >= 0.6 is 22.6 Å². The Morgan fingerprint density at radius 2 is 1.93 bits per heavy atom. The Labute approximate surface area is 180 Å². The van der Waals surface area contributed by atoms with Crippen molar-refractivity contribution in [2.45, 2.75) is 44.3 Å². The van der Waals surface area contributed by atoms with Gasteiger partial charge in [-0.05, 0) is 72.0 Å². The minimum Gasteiger partial charge on any atom is -0.504 e. The van der Waals surface area contributed by atoms with Gasteiger partial charge in [0.2, 0.25) is 5.95 Å². The van der Waals surface area contributed by atoms with Gasteiger partial charge in [0.05, 0.1) is 10.7 Å². The number of methoxy groups -OCH3 is 1. The first kappa shape index (κ1) is 20.9. The second kappa shape index (κ2) is 9.60. The molecule has 1 aromatic carbocycles. The second-order valence-electron chi connectivity index (χ2n) is 7.34. The maximum absolute atomic E-state index is 9.96. The van der Waals surface area contributed by atoms with E-state index in [1.54, 1.807) is 13.3 Å². The molecule has 0 amide bonds. The summed E-state index contributed by atoms with van der Waals surface area (Å²) in [5, 5.41) is 17.1. The minimum atomic E-state index is 0.207. The van der Waals surface area contributed by atoms with Crippen molar-refractivity contribution in [3.8, 4) is 11.5 Å². The average Bonchev–Trinajstić information content (AvgIpc) is 2.70. The lowest BCUT2D eigenvalue weighted by Crippen LogP contribution is -2.37. The number of nitrogens with zero attached hydrogens (tertiary/aromatic N) is 3. The van der Waals surface area contributed by atoms with E-state index < -0.39 is 0 Å². The molecule has 3 N–H and O–H groups in total. The molecule has 3 rings (SSSR count). The lowest BCUT2D eigenvalue weighted by Gasteiger charge is -2.30. The average molecular weight is 497 g/mol. The number of anilines is 2. The first-order valence-corrected chi connectivity index (χ1v) is 10.6. The normalized spacial score (nSPS) is 19.3. The highest BCUT2D eigenvalue weighted by Crippen LogP contribution is 2.32. The fraction of sp³-hybridized carbons (Fsp3) is 0.500. The number of nitrogens with one attached hydrogen (secondary N) is 2. The van der Waals surface area contributed by atoms with Crippen molar-refractivity contribution in [1.29, 1.82) is 0 Å². The number of aromatic hydroxyl groups is 1. The van der Waals surface area contributed by atoms with Crippen LogP contribution in [0.4, 0.5) is 11.8 Å². The first-order chi connectivity index (χ1) is 13.5. The number of hydrogen-bond acceptors (Lipinski definition) is 7. The molecule has 28 heavy (non-hydrogen) atoms. The van der Waals surface area contributed by atoms with E-state index in [1.165, 1.54) is 0 Å². The van der Waals surface area contributed by atoms with Gasteiger partial charge >= 0.3 is 0 Å². The number of ether oxygens (including phenoxy) is 1. The third-order valence-electron chi connectivity index (χ3n) is 5.06. The van der Waals surface area contributed by atoms with Gasteiger partial charge in [-0.1, -0.05) is 0 Å². The SMILES string of the molecule is COc1cc(CNC2CCC(Nc3nccc(N(C)C)n3)CC2)cc(I)c1O. The lowest BCUT2D eigenvalue weighted by atomic mass is 9.91.